The fourth-order valence-electron chi connectivity index (χ4n) is 3.29. The first-order valence-corrected chi connectivity index (χ1v) is 10.5. The van der Waals surface area contributed by atoms with Crippen molar-refractivity contribution in [1.29, 1.82) is 0 Å². The Kier molecular flexibility index (Phi) is 5.50. The summed E-state index contributed by atoms with van der Waals surface area (Å²) in [5, 5.41) is 14.6. The van der Waals surface area contributed by atoms with Crippen LogP contribution in [0.2, 0.25) is 0 Å². The second-order valence-electron chi connectivity index (χ2n) is 7.86. The van der Waals surface area contributed by atoms with Crippen LogP contribution in [0.25, 0.3) is 11.3 Å². The predicted octanol–water partition coefficient (Wildman–Crippen LogP) is 2.60. The quantitative estimate of drug-likeness (QED) is 0.582. The molecule has 8 nitrogen and oxygen atoms in total. The van der Waals surface area contributed by atoms with Crippen LogP contribution in [0.5, 0.6) is 5.75 Å². The van der Waals surface area contributed by atoms with Gasteiger partial charge in [-0.1, -0.05) is 17.0 Å². The Morgan fingerprint density at radius 1 is 1.41 bits per heavy atom. The van der Waals surface area contributed by atoms with E-state index < -0.39 is 17.3 Å². The molecule has 0 aliphatic carbocycles. The standard InChI is InChI=1S/C22H21FN4O4S/c1-11-7-17(26-31-11)22(2,29)6-5-12-8-13-16(9-14(12)23)30-10-15(27(3)4)19-18(13)25-21(32-19)20(24)28/h7-9,15,29H,10H2,1-4H3,(H2,24,28)/t15-,22-/m1/s1. The van der Waals surface area contributed by atoms with Crippen LogP contribution >= 0.6 is 11.3 Å². The zero-order chi connectivity index (χ0) is 23.2. The second-order valence-corrected chi connectivity index (χ2v) is 8.89. The highest BCUT2D eigenvalue weighted by Gasteiger charge is 2.31. The normalized spacial score (nSPS) is 16.8. The SMILES string of the molecule is Cc1cc([C@](C)(O)C#Cc2cc3c(cc2F)OC[C@@H](N(C)C)c2sc(C(N)=O)nc2-3)no1. The van der Waals surface area contributed by atoms with Gasteiger partial charge >= 0.3 is 0 Å². The summed E-state index contributed by atoms with van der Waals surface area (Å²) in [6.07, 6.45) is 0. The van der Waals surface area contributed by atoms with Crippen LogP contribution in [0, 0.1) is 24.6 Å². The molecule has 1 aliphatic rings. The second kappa shape index (κ2) is 8.02. The van der Waals surface area contributed by atoms with Gasteiger partial charge in [0, 0.05) is 17.7 Å². The zero-order valence-corrected chi connectivity index (χ0v) is 18.7. The van der Waals surface area contributed by atoms with Crippen LogP contribution in [0.15, 0.2) is 22.7 Å². The van der Waals surface area contributed by atoms with Crippen molar-refractivity contribution in [2.24, 2.45) is 5.73 Å². The van der Waals surface area contributed by atoms with Gasteiger partial charge in [-0.2, -0.15) is 0 Å². The summed E-state index contributed by atoms with van der Waals surface area (Å²) in [7, 11) is 3.76. The first-order valence-electron chi connectivity index (χ1n) is 9.70. The van der Waals surface area contributed by atoms with E-state index in [1.165, 1.54) is 30.4 Å². The number of primary amides is 1. The molecule has 3 aromatic rings. The van der Waals surface area contributed by atoms with Crippen molar-refractivity contribution < 1.29 is 23.6 Å². The van der Waals surface area contributed by atoms with Crippen LogP contribution in [-0.2, 0) is 5.60 Å². The number of rotatable bonds is 3. The number of halogens is 1. The molecule has 10 heteroatoms. The summed E-state index contributed by atoms with van der Waals surface area (Å²) in [5.74, 6) is 4.90. The first kappa shape index (κ1) is 22.0. The van der Waals surface area contributed by atoms with E-state index in [1.807, 2.05) is 19.0 Å². The fourth-order valence-corrected chi connectivity index (χ4v) is 4.40. The summed E-state index contributed by atoms with van der Waals surface area (Å²) in [5.41, 5.74) is 5.06. The lowest BCUT2D eigenvalue weighted by molar-refractivity contribution is 0.0999. The van der Waals surface area contributed by atoms with E-state index in [9.17, 15) is 14.3 Å². The smallest absolute Gasteiger partial charge is 0.277 e. The molecular formula is C22H21FN4O4S. The van der Waals surface area contributed by atoms with Crippen molar-refractivity contribution in [3.05, 3.63) is 50.9 Å². The summed E-state index contributed by atoms with van der Waals surface area (Å²) in [6, 6.07) is 4.10. The van der Waals surface area contributed by atoms with Crippen molar-refractivity contribution in [3.8, 4) is 28.8 Å². The summed E-state index contributed by atoms with van der Waals surface area (Å²) in [4.78, 5) is 18.9. The number of thiazole rings is 1. The molecular weight excluding hydrogens is 435 g/mol. The lowest BCUT2D eigenvalue weighted by Crippen LogP contribution is -2.24. The number of hydrogen-bond acceptors (Lipinski definition) is 8. The lowest BCUT2D eigenvalue weighted by Gasteiger charge is -2.21. The maximum Gasteiger partial charge on any atom is 0.277 e. The van der Waals surface area contributed by atoms with E-state index in [1.54, 1.807) is 13.0 Å². The van der Waals surface area contributed by atoms with Crippen LogP contribution in [0.4, 0.5) is 4.39 Å². The molecule has 0 bridgehead atoms. The number of amides is 1. The van der Waals surface area contributed by atoms with Gasteiger partial charge in [-0.25, -0.2) is 9.37 Å². The summed E-state index contributed by atoms with van der Waals surface area (Å²) < 4.78 is 25.7. The van der Waals surface area contributed by atoms with Crippen molar-refractivity contribution in [2.75, 3.05) is 20.7 Å². The lowest BCUT2D eigenvalue weighted by atomic mass is 10.0. The molecule has 1 aliphatic heterocycles. The van der Waals surface area contributed by atoms with Gasteiger partial charge < -0.3 is 20.1 Å². The molecule has 0 fully saturated rings. The van der Waals surface area contributed by atoms with Crippen molar-refractivity contribution in [2.45, 2.75) is 25.5 Å². The van der Waals surface area contributed by atoms with E-state index in [-0.39, 0.29) is 28.9 Å². The minimum atomic E-state index is -1.64. The van der Waals surface area contributed by atoms with Crippen LogP contribution in [0.3, 0.4) is 0 Å². The number of carbonyl (C=O) groups is 1. The Balaban J connectivity index is 1.82. The molecule has 0 saturated carbocycles. The predicted molar refractivity (Wildman–Crippen MR) is 116 cm³/mol. The third kappa shape index (κ3) is 3.98. The van der Waals surface area contributed by atoms with Gasteiger partial charge in [-0.3, -0.25) is 9.69 Å². The Morgan fingerprint density at radius 3 is 2.78 bits per heavy atom. The number of fused-ring (bicyclic) bond motifs is 3. The van der Waals surface area contributed by atoms with Gasteiger partial charge in [0.2, 0.25) is 0 Å². The molecule has 0 saturated heterocycles. The topological polar surface area (TPSA) is 115 Å². The maximum absolute atomic E-state index is 14.9. The van der Waals surface area contributed by atoms with Crippen molar-refractivity contribution in [1.82, 2.24) is 15.0 Å². The highest BCUT2D eigenvalue weighted by molar-refractivity contribution is 7.14. The third-order valence-corrected chi connectivity index (χ3v) is 6.25. The molecule has 166 valence electrons. The van der Waals surface area contributed by atoms with Gasteiger partial charge in [0.25, 0.3) is 5.91 Å². The Hall–Kier alpha value is -3.26. The van der Waals surface area contributed by atoms with E-state index in [0.717, 1.165) is 4.88 Å². The van der Waals surface area contributed by atoms with Crippen molar-refractivity contribution >= 4 is 17.2 Å². The number of aryl methyl sites for hydroxylation is 1. The Bertz CT molecular complexity index is 1270. The minimum absolute atomic E-state index is 0.0377. The number of ether oxygens (including phenoxy) is 1. The van der Waals surface area contributed by atoms with E-state index in [0.29, 0.717) is 22.8 Å². The van der Waals surface area contributed by atoms with E-state index in [4.69, 9.17) is 15.0 Å². The first-order chi connectivity index (χ1) is 15.1. The molecule has 32 heavy (non-hydrogen) atoms. The molecule has 3 N–H and O–H groups in total. The fraction of sp³-hybridized carbons (Fsp3) is 0.318. The largest absolute Gasteiger partial charge is 0.491 e. The average Bonchev–Trinajstić information content (AvgIpc) is 3.32. The molecule has 4 rings (SSSR count). The number of aliphatic hydroxyl groups is 1. The molecule has 0 spiro atoms. The van der Waals surface area contributed by atoms with Crippen molar-refractivity contribution in [3.63, 3.8) is 0 Å². The molecule has 1 amide bonds. The number of nitrogens with zero attached hydrogens (tertiary/aromatic N) is 3. The third-order valence-electron chi connectivity index (χ3n) is 5.08. The van der Waals surface area contributed by atoms with Gasteiger partial charge in [0.1, 0.15) is 29.6 Å². The van der Waals surface area contributed by atoms with Crippen LogP contribution in [0.1, 0.15) is 44.7 Å². The minimum Gasteiger partial charge on any atom is -0.491 e. The molecule has 0 unspecified atom stereocenters. The number of hydrogen-bond donors (Lipinski definition) is 2. The average molecular weight is 456 g/mol. The highest BCUT2D eigenvalue weighted by atomic mass is 32.1. The van der Waals surface area contributed by atoms with Gasteiger partial charge in [-0.05, 0) is 34.0 Å². The van der Waals surface area contributed by atoms with E-state index >= 15 is 0 Å². The van der Waals surface area contributed by atoms with Gasteiger partial charge in [-0.15, -0.1) is 11.3 Å². The molecule has 0 radical (unpaired) electrons. The zero-order valence-electron chi connectivity index (χ0n) is 17.9. The van der Waals surface area contributed by atoms with Gasteiger partial charge in [0.15, 0.2) is 10.6 Å². The van der Waals surface area contributed by atoms with Crippen LogP contribution in [-0.4, -0.2) is 46.8 Å². The number of likely N-dealkylation sites (N-methyl/N-ethyl adjacent to an activating group) is 1. The molecule has 3 heterocycles. The van der Waals surface area contributed by atoms with E-state index in [2.05, 4.69) is 22.0 Å². The molecule has 2 aromatic heterocycles. The summed E-state index contributed by atoms with van der Waals surface area (Å²) >= 11 is 1.19. The maximum atomic E-state index is 14.9. The Morgan fingerprint density at radius 2 is 2.16 bits per heavy atom. The molecule has 2 atom stereocenters. The number of carbonyl (C=O) groups excluding carboxylic acids is 1. The number of aromatic nitrogens is 2. The molecule has 1 aromatic carbocycles. The monoisotopic (exact) mass is 456 g/mol. The Labute approximate surface area is 187 Å². The number of nitrogens with two attached hydrogens (primary N) is 1. The summed E-state index contributed by atoms with van der Waals surface area (Å²) in [6.45, 7) is 3.39. The highest BCUT2D eigenvalue weighted by Crippen LogP contribution is 2.43. The van der Waals surface area contributed by atoms with Gasteiger partial charge in [0.05, 0.1) is 22.2 Å². The number of benzene rings is 1. The van der Waals surface area contributed by atoms with Crippen LogP contribution < -0.4 is 10.5 Å².